The van der Waals surface area contributed by atoms with Gasteiger partial charge < -0.3 is 11.1 Å². The zero-order valence-electron chi connectivity index (χ0n) is 7.09. The summed E-state index contributed by atoms with van der Waals surface area (Å²) in [6, 6.07) is 4.21. The third-order valence-electron chi connectivity index (χ3n) is 1.29. The lowest BCUT2D eigenvalue weighted by molar-refractivity contribution is 0.904. The Balaban J connectivity index is 2.84. The first-order chi connectivity index (χ1) is 5.63. The molecule has 0 radical (unpaired) electrons. The monoisotopic (exact) mass is 181 g/mol. The van der Waals surface area contributed by atoms with Crippen molar-refractivity contribution in [1.29, 1.82) is 5.26 Å². The Morgan fingerprint density at radius 2 is 2.33 bits per heavy atom. The first-order valence-corrected chi connectivity index (χ1v) is 4.51. The van der Waals surface area contributed by atoms with Gasteiger partial charge in [-0.1, -0.05) is 0 Å². The molecule has 0 atom stereocenters. The summed E-state index contributed by atoms with van der Waals surface area (Å²) in [4.78, 5) is 0.582. The van der Waals surface area contributed by atoms with Crippen LogP contribution in [0.4, 0.5) is 10.7 Å². The van der Waals surface area contributed by atoms with Crippen molar-refractivity contribution < 1.29 is 0 Å². The van der Waals surface area contributed by atoms with Gasteiger partial charge in [0.1, 0.15) is 10.9 Å². The molecule has 0 saturated carbocycles. The molecule has 64 valence electrons. The summed E-state index contributed by atoms with van der Waals surface area (Å²) in [5.41, 5.74) is 6.14. The number of rotatable bonds is 2. The smallest absolute Gasteiger partial charge is 0.129 e. The molecule has 1 heterocycles. The van der Waals surface area contributed by atoms with Crippen LogP contribution in [0.1, 0.15) is 18.7 Å². The van der Waals surface area contributed by atoms with E-state index >= 15 is 0 Å². The third kappa shape index (κ3) is 1.89. The van der Waals surface area contributed by atoms with Crippen LogP contribution in [0, 0.1) is 11.3 Å². The van der Waals surface area contributed by atoms with E-state index in [-0.39, 0.29) is 0 Å². The summed E-state index contributed by atoms with van der Waals surface area (Å²) >= 11 is 1.39. The first kappa shape index (κ1) is 8.88. The van der Waals surface area contributed by atoms with Crippen LogP contribution < -0.4 is 11.1 Å². The van der Waals surface area contributed by atoms with E-state index < -0.39 is 0 Å². The van der Waals surface area contributed by atoms with Crippen LogP contribution in [-0.4, -0.2) is 6.04 Å². The average Bonchev–Trinajstić information content (AvgIpc) is 2.29. The highest BCUT2D eigenvalue weighted by Crippen LogP contribution is 2.28. The molecular weight excluding hydrogens is 170 g/mol. The van der Waals surface area contributed by atoms with Crippen molar-refractivity contribution in [3.05, 3.63) is 10.9 Å². The number of anilines is 2. The molecular formula is C8H11N3S. The minimum atomic E-state index is 0.370. The van der Waals surface area contributed by atoms with Crippen LogP contribution in [0.15, 0.2) is 6.07 Å². The number of nitrogens with one attached hydrogen (secondary N) is 1. The van der Waals surface area contributed by atoms with Gasteiger partial charge in [-0.25, -0.2) is 0 Å². The molecule has 3 N–H and O–H groups in total. The maximum atomic E-state index is 8.62. The van der Waals surface area contributed by atoms with Gasteiger partial charge in [0.2, 0.25) is 0 Å². The standard InChI is InChI=1S/C8H11N3S/c1-5(2)11-8-3-6(10)7(4-9)12-8/h3,5,11H,10H2,1-2H3. The van der Waals surface area contributed by atoms with Crippen molar-refractivity contribution in [3.8, 4) is 6.07 Å². The lowest BCUT2D eigenvalue weighted by atomic mass is 10.4. The van der Waals surface area contributed by atoms with E-state index in [1.807, 2.05) is 19.9 Å². The van der Waals surface area contributed by atoms with Gasteiger partial charge >= 0.3 is 0 Å². The number of nitrogens with zero attached hydrogens (tertiary/aromatic N) is 1. The molecule has 1 rings (SSSR count). The van der Waals surface area contributed by atoms with E-state index in [1.54, 1.807) is 6.07 Å². The number of nitriles is 1. The van der Waals surface area contributed by atoms with E-state index in [0.29, 0.717) is 16.6 Å². The molecule has 0 aliphatic heterocycles. The summed E-state index contributed by atoms with van der Waals surface area (Å²) < 4.78 is 0. The maximum Gasteiger partial charge on any atom is 0.129 e. The van der Waals surface area contributed by atoms with Gasteiger partial charge in [-0.15, -0.1) is 11.3 Å². The molecule has 1 aromatic heterocycles. The summed E-state index contributed by atoms with van der Waals surface area (Å²) in [6.07, 6.45) is 0. The second-order valence-electron chi connectivity index (χ2n) is 2.81. The fourth-order valence-corrected chi connectivity index (χ4v) is 1.77. The predicted molar refractivity (Wildman–Crippen MR) is 52.2 cm³/mol. The number of thiophene rings is 1. The number of hydrogen-bond acceptors (Lipinski definition) is 4. The Morgan fingerprint density at radius 1 is 1.67 bits per heavy atom. The molecule has 4 heteroatoms. The van der Waals surface area contributed by atoms with Crippen LogP contribution in [0.2, 0.25) is 0 Å². The van der Waals surface area contributed by atoms with Gasteiger partial charge in [0.15, 0.2) is 0 Å². The predicted octanol–water partition coefficient (Wildman–Crippen LogP) is 2.02. The van der Waals surface area contributed by atoms with Crippen LogP contribution in [0.3, 0.4) is 0 Å². The Kier molecular flexibility index (Phi) is 2.56. The molecule has 0 unspecified atom stereocenters. The van der Waals surface area contributed by atoms with Crippen molar-refractivity contribution in [2.75, 3.05) is 11.1 Å². The lowest BCUT2D eigenvalue weighted by Gasteiger charge is -2.05. The fraction of sp³-hybridized carbons (Fsp3) is 0.375. The molecule has 12 heavy (non-hydrogen) atoms. The normalized spacial score (nSPS) is 9.83. The molecule has 0 spiro atoms. The molecule has 0 aliphatic carbocycles. The van der Waals surface area contributed by atoms with Gasteiger partial charge in [-0.3, -0.25) is 0 Å². The van der Waals surface area contributed by atoms with E-state index in [9.17, 15) is 0 Å². The van der Waals surface area contributed by atoms with E-state index in [2.05, 4.69) is 5.32 Å². The Bertz CT molecular complexity index is 309. The van der Waals surface area contributed by atoms with Crippen molar-refractivity contribution in [1.82, 2.24) is 0 Å². The second-order valence-corrected chi connectivity index (χ2v) is 3.86. The van der Waals surface area contributed by atoms with Crippen LogP contribution >= 0.6 is 11.3 Å². The van der Waals surface area contributed by atoms with Crippen LogP contribution in [-0.2, 0) is 0 Å². The SMILES string of the molecule is CC(C)Nc1cc(N)c(C#N)s1. The summed E-state index contributed by atoms with van der Waals surface area (Å²) in [5.74, 6) is 0. The minimum Gasteiger partial charge on any atom is -0.397 e. The second kappa shape index (κ2) is 3.46. The number of nitrogen functional groups attached to an aromatic ring is 1. The van der Waals surface area contributed by atoms with Crippen molar-refractivity contribution in [3.63, 3.8) is 0 Å². The van der Waals surface area contributed by atoms with Gasteiger partial charge in [0.05, 0.1) is 10.7 Å². The quantitative estimate of drug-likeness (QED) is 0.733. The maximum absolute atomic E-state index is 8.62. The van der Waals surface area contributed by atoms with Crippen molar-refractivity contribution in [2.24, 2.45) is 0 Å². The molecule has 1 aromatic rings. The number of hydrogen-bond donors (Lipinski definition) is 2. The summed E-state index contributed by atoms with van der Waals surface area (Å²) in [7, 11) is 0. The zero-order valence-corrected chi connectivity index (χ0v) is 7.90. The molecule has 0 aliphatic rings. The van der Waals surface area contributed by atoms with Gasteiger partial charge in [-0.05, 0) is 19.9 Å². The highest BCUT2D eigenvalue weighted by atomic mass is 32.1. The van der Waals surface area contributed by atoms with Crippen molar-refractivity contribution >= 4 is 22.0 Å². The van der Waals surface area contributed by atoms with Crippen molar-refractivity contribution in [2.45, 2.75) is 19.9 Å². The first-order valence-electron chi connectivity index (χ1n) is 3.69. The lowest BCUT2D eigenvalue weighted by Crippen LogP contribution is -2.07. The van der Waals surface area contributed by atoms with Gasteiger partial charge in [-0.2, -0.15) is 5.26 Å². The Morgan fingerprint density at radius 3 is 2.75 bits per heavy atom. The van der Waals surface area contributed by atoms with E-state index in [1.165, 1.54) is 11.3 Å². The van der Waals surface area contributed by atoms with Gasteiger partial charge in [0, 0.05) is 6.04 Å². The molecule has 0 bridgehead atoms. The third-order valence-corrected chi connectivity index (χ3v) is 2.28. The van der Waals surface area contributed by atoms with E-state index in [4.69, 9.17) is 11.0 Å². The molecule has 0 saturated heterocycles. The van der Waals surface area contributed by atoms with Crippen LogP contribution in [0.5, 0.6) is 0 Å². The fourth-order valence-electron chi connectivity index (χ4n) is 0.848. The van der Waals surface area contributed by atoms with Crippen LogP contribution in [0.25, 0.3) is 0 Å². The number of nitrogens with two attached hydrogens (primary N) is 1. The highest BCUT2D eigenvalue weighted by Gasteiger charge is 2.05. The topological polar surface area (TPSA) is 61.8 Å². The van der Waals surface area contributed by atoms with Gasteiger partial charge in [0.25, 0.3) is 0 Å². The minimum absolute atomic E-state index is 0.370. The molecule has 0 fully saturated rings. The Hall–Kier alpha value is -1.21. The molecule has 3 nitrogen and oxygen atoms in total. The molecule has 0 amide bonds. The molecule has 0 aromatic carbocycles. The van der Waals surface area contributed by atoms with E-state index in [0.717, 1.165) is 5.00 Å². The average molecular weight is 181 g/mol. The summed E-state index contributed by atoms with van der Waals surface area (Å²) in [6.45, 7) is 4.09. The largest absolute Gasteiger partial charge is 0.397 e. The Labute approximate surface area is 75.8 Å². The highest BCUT2D eigenvalue weighted by molar-refractivity contribution is 7.17. The summed E-state index contributed by atoms with van der Waals surface area (Å²) in [5, 5.41) is 12.8. The zero-order chi connectivity index (χ0) is 9.14.